The lowest BCUT2D eigenvalue weighted by Crippen LogP contribution is -2.43. The van der Waals surface area contributed by atoms with Crippen molar-refractivity contribution < 1.29 is 24.2 Å². The number of nitrogens with one attached hydrogen (secondary N) is 2. The van der Waals surface area contributed by atoms with Crippen LogP contribution in [0.4, 0.5) is 0 Å². The van der Waals surface area contributed by atoms with Crippen LogP contribution in [0, 0.1) is 0 Å². The van der Waals surface area contributed by atoms with Crippen LogP contribution in [0.25, 0.3) is 0 Å². The van der Waals surface area contributed by atoms with Gasteiger partial charge in [0.15, 0.2) is 0 Å². The molecular weight excluding hydrogens is 502 g/mol. The van der Waals surface area contributed by atoms with Gasteiger partial charge in [-0.05, 0) is 29.8 Å². The molecule has 5 N–H and O–H groups in total. The fourth-order valence-corrected chi connectivity index (χ4v) is 2.63. The second-order valence-electron chi connectivity index (χ2n) is 7.19. The molecule has 2 amide bonds. The van der Waals surface area contributed by atoms with Gasteiger partial charge in [0, 0.05) is 31.1 Å². The summed E-state index contributed by atoms with van der Waals surface area (Å²) in [6, 6.07) is 17.2. The number of carbonyl (C=O) groups is 2. The first kappa shape index (κ1) is 31.5. The van der Waals surface area contributed by atoms with E-state index in [1.54, 1.807) is 7.11 Å². The van der Waals surface area contributed by atoms with Crippen molar-refractivity contribution in [2.45, 2.75) is 45.4 Å². The summed E-state index contributed by atoms with van der Waals surface area (Å²) in [7, 11) is 3.02. The topological polar surface area (TPSA) is 123 Å². The number of hydrogen-bond acceptors (Lipinski definition) is 6. The van der Waals surface area contributed by atoms with Gasteiger partial charge in [0.2, 0.25) is 11.8 Å². The van der Waals surface area contributed by atoms with Crippen molar-refractivity contribution in [1.82, 2.24) is 10.6 Å². The summed E-state index contributed by atoms with van der Waals surface area (Å²) in [5, 5.41) is 14.6. The van der Waals surface area contributed by atoms with Crippen LogP contribution in [0.2, 0.25) is 0 Å². The van der Waals surface area contributed by atoms with E-state index in [2.05, 4.69) is 40.4 Å². The lowest BCUT2D eigenvalue weighted by molar-refractivity contribution is -0.134. The van der Waals surface area contributed by atoms with Gasteiger partial charge in [-0.1, -0.05) is 66.5 Å². The van der Waals surface area contributed by atoms with Crippen molar-refractivity contribution >= 4 is 27.7 Å². The highest BCUT2D eigenvalue weighted by Gasteiger charge is 2.21. The average Bonchev–Trinajstić information content (AvgIpc) is 2.86. The zero-order chi connectivity index (χ0) is 25.8. The van der Waals surface area contributed by atoms with E-state index in [-0.39, 0.29) is 25.4 Å². The first-order valence-corrected chi connectivity index (χ1v) is 11.9. The van der Waals surface area contributed by atoms with E-state index >= 15 is 0 Å². The number of aliphatic hydroxyl groups is 1. The summed E-state index contributed by atoms with van der Waals surface area (Å²) in [6.07, 6.45) is -0.312. The molecule has 0 aliphatic rings. The number of ether oxygens (including phenoxy) is 2. The van der Waals surface area contributed by atoms with Crippen LogP contribution in [0.5, 0.6) is 5.75 Å². The minimum atomic E-state index is -0.833. The van der Waals surface area contributed by atoms with Crippen molar-refractivity contribution in [2.75, 3.05) is 27.3 Å². The molecule has 2 aromatic carbocycles. The summed E-state index contributed by atoms with van der Waals surface area (Å²) >= 11 is 3.32. The molecule has 0 spiro atoms. The number of hydrogen-bond donors (Lipinski definition) is 4. The van der Waals surface area contributed by atoms with Crippen LogP contribution in [0.3, 0.4) is 0 Å². The maximum atomic E-state index is 11.8. The molecule has 0 heterocycles. The van der Waals surface area contributed by atoms with Crippen LogP contribution in [-0.4, -0.2) is 56.4 Å². The zero-order valence-corrected chi connectivity index (χ0v) is 22.0. The van der Waals surface area contributed by atoms with Gasteiger partial charge in [-0.2, -0.15) is 0 Å². The quantitative estimate of drug-likeness (QED) is 0.368. The van der Waals surface area contributed by atoms with Crippen LogP contribution >= 0.6 is 15.9 Å². The highest BCUT2D eigenvalue weighted by atomic mass is 79.9. The maximum absolute atomic E-state index is 11.8. The SMILES string of the molecule is CCC.COC(CC(O)CN)C(=O)NCC(=O)NCc1ccccc1.COc1ccc(Br)cc1. The van der Waals surface area contributed by atoms with E-state index < -0.39 is 18.1 Å². The maximum Gasteiger partial charge on any atom is 0.249 e. The molecule has 2 atom stereocenters. The number of rotatable bonds is 10. The zero-order valence-electron chi connectivity index (χ0n) is 20.4. The summed E-state index contributed by atoms with van der Waals surface area (Å²) < 4.78 is 11.0. The Morgan fingerprint density at radius 3 is 2.12 bits per heavy atom. The van der Waals surface area contributed by atoms with E-state index in [1.165, 1.54) is 13.5 Å². The molecule has 0 bridgehead atoms. The first-order chi connectivity index (χ1) is 16.3. The molecule has 2 rings (SSSR count). The largest absolute Gasteiger partial charge is 0.497 e. The molecule has 34 heavy (non-hydrogen) atoms. The number of methoxy groups -OCH3 is 2. The first-order valence-electron chi connectivity index (χ1n) is 11.1. The third kappa shape index (κ3) is 15.4. The van der Waals surface area contributed by atoms with Gasteiger partial charge in [0.25, 0.3) is 0 Å². The summed E-state index contributed by atoms with van der Waals surface area (Å²) in [5.74, 6) is 0.134. The molecule has 2 aromatic rings. The summed E-state index contributed by atoms with van der Waals surface area (Å²) in [6.45, 7) is 4.55. The summed E-state index contributed by atoms with van der Waals surface area (Å²) in [5.41, 5.74) is 6.27. The molecular formula is C25H38BrN3O5. The Labute approximate surface area is 211 Å². The van der Waals surface area contributed by atoms with Crippen molar-refractivity contribution in [1.29, 1.82) is 0 Å². The fourth-order valence-electron chi connectivity index (χ4n) is 2.36. The molecule has 0 saturated heterocycles. The summed E-state index contributed by atoms with van der Waals surface area (Å²) in [4.78, 5) is 23.5. The molecule has 0 aliphatic carbocycles. The lowest BCUT2D eigenvalue weighted by atomic mass is 10.1. The van der Waals surface area contributed by atoms with Crippen molar-refractivity contribution in [2.24, 2.45) is 5.73 Å². The number of benzene rings is 2. The monoisotopic (exact) mass is 539 g/mol. The van der Waals surface area contributed by atoms with Crippen LogP contribution in [-0.2, 0) is 20.9 Å². The van der Waals surface area contributed by atoms with Crippen molar-refractivity contribution in [3.05, 3.63) is 64.6 Å². The van der Waals surface area contributed by atoms with E-state index in [9.17, 15) is 14.7 Å². The Morgan fingerprint density at radius 1 is 1.03 bits per heavy atom. The third-order valence-corrected chi connectivity index (χ3v) is 4.67. The van der Waals surface area contributed by atoms with Crippen LogP contribution in [0.15, 0.2) is 59.1 Å². The Hall–Kier alpha value is -2.46. The highest BCUT2D eigenvalue weighted by molar-refractivity contribution is 9.10. The molecule has 0 aliphatic heterocycles. The highest BCUT2D eigenvalue weighted by Crippen LogP contribution is 2.14. The average molecular weight is 540 g/mol. The predicted octanol–water partition coefficient (Wildman–Crippen LogP) is 3.02. The molecule has 0 radical (unpaired) electrons. The molecule has 8 nitrogen and oxygen atoms in total. The van der Waals surface area contributed by atoms with E-state index in [1.807, 2.05) is 54.6 Å². The van der Waals surface area contributed by atoms with E-state index in [0.29, 0.717) is 6.54 Å². The Morgan fingerprint density at radius 2 is 1.62 bits per heavy atom. The van der Waals surface area contributed by atoms with Gasteiger partial charge < -0.3 is 30.9 Å². The van der Waals surface area contributed by atoms with Crippen molar-refractivity contribution in [3.63, 3.8) is 0 Å². The minimum absolute atomic E-state index is 0.0463. The van der Waals surface area contributed by atoms with E-state index in [4.69, 9.17) is 15.2 Å². The van der Waals surface area contributed by atoms with Gasteiger partial charge in [-0.25, -0.2) is 0 Å². The molecule has 190 valence electrons. The number of nitrogens with two attached hydrogens (primary N) is 1. The number of amides is 2. The van der Waals surface area contributed by atoms with Gasteiger partial charge >= 0.3 is 0 Å². The molecule has 0 saturated carbocycles. The van der Waals surface area contributed by atoms with Gasteiger partial charge in [0.1, 0.15) is 11.9 Å². The molecule has 2 unspecified atom stereocenters. The van der Waals surface area contributed by atoms with Crippen molar-refractivity contribution in [3.8, 4) is 5.75 Å². The smallest absolute Gasteiger partial charge is 0.249 e. The minimum Gasteiger partial charge on any atom is -0.497 e. The Balaban J connectivity index is 0.000000745. The Bertz CT molecular complexity index is 791. The second-order valence-corrected chi connectivity index (χ2v) is 8.11. The van der Waals surface area contributed by atoms with Crippen LogP contribution in [0.1, 0.15) is 32.3 Å². The third-order valence-electron chi connectivity index (χ3n) is 4.14. The number of halogens is 1. The Kier molecular flexibility index (Phi) is 18.5. The lowest BCUT2D eigenvalue weighted by Gasteiger charge is -2.17. The van der Waals surface area contributed by atoms with Gasteiger partial charge in [-0.3, -0.25) is 9.59 Å². The normalized spacial score (nSPS) is 11.5. The van der Waals surface area contributed by atoms with Gasteiger partial charge in [0.05, 0.1) is 19.8 Å². The molecule has 0 fully saturated rings. The standard InChI is InChI=1S/C15H23N3O4.C7H7BrO.C3H8/c1-22-13(7-12(19)8-16)15(21)18-10-14(20)17-9-11-5-3-2-4-6-11;1-9-7-4-2-6(8)3-5-7;1-3-2/h2-6,12-13,19H,7-10,16H2,1H3,(H,17,20)(H,18,21);2-5H,1H3;3H2,1-2H3. The van der Waals surface area contributed by atoms with Crippen LogP contribution < -0.4 is 21.1 Å². The number of aliphatic hydroxyl groups excluding tert-OH is 1. The predicted molar refractivity (Wildman–Crippen MR) is 138 cm³/mol. The molecule has 0 aromatic heterocycles. The fraction of sp³-hybridized carbons (Fsp3) is 0.440. The molecule has 9 heteroatoms. The second kappa shape index (κ2) is 20.0. The number of carbonyl (C=O) groups excluding carboxylic acids is 2. The van der Waals surface area contributed by atoms with E-state index in [0.717, 1.165) is 15.8 Å². The van der Waals surface area contributed by atoms with Gasteiger partial charge in [-0.15, -0.1) is 0 Å².